The third-order valence-corrected chi connectivity index (χ3v) is 5.52. The fraction of sp³-hybridized carbons (Fsp3) is 0.440. The van der Waals surface area contributed by atoms with Crippen LogP contribution in [0.25, 0.3) is 0 Å². The summed E-state index contributed by atoms with van der Waals surface area (Å²) in [6.45, 7) is 8.37. The smallest absolute Gasteiger partial charge is 0.260 e. The molecule has 1 aliphatic rings. The first kappa shape index (κ1) is 22.7. The van der Waals surface area contributed by atoms with Crippen molar-refractivity contribution in [3.05, 3.63) is 53.6 Å². The Bertz CT molecular complexity index is 906. The number of ether oxygens (including phenoxy) is 2. The van der Waals surface area contributed by atoms with Gasteiger partial charge in [-0.25, -0.2) is 0 Å². The lowest BCUT2D eigenvalue weighted by atomic mass is 10.1. The van der Waals surface area contributed by atoms with Gasteiger partial charge < -0.3 is 19.3 Å². The van der Waals surface area contributed by atoms with Crippen molar-refractivity contribution in [3.63, 3.8) is 0 Å². The average molecular weight is 425 g/mol. The number of amides is 2. The van der Waals surface area contributed by atoms with E-state index in [4.69, 9.17) is 9.47 Å². The number of hydrogen-bond donors (Lipinski definition) is 0. The molecule has 6 heteroatoms. The van der Waals surface area contributed by atoms with Gasteiger partial charge in [-0.2, -0.15) is 0 Å². The summed E-state index contributed by atoms with van der Waals surface area (Å²) in [5, 5.41) is 0. The van der Waals surface area contributed by atoms with Crippen molar-refractivity contribution in [3.8, 4) is 11.5 Å². The fourth-order valence-corrected chi connectivity index (χ4v) is 3.85. The van der Waals surface area contributed by atoms with Crippen molar-refractivity contribution in [1.29, 1.82) is 0 Å². The Labute approximate surface area is 184 Å². The van der Waals surface area contributed by atoms with E-state index in [1.807, 2.05) is 49.9 Å². The molecule has 1 saturated heterocycles. The lowest BCUT2D eigenvalue weighted by molar-refractivity contribution is -0.134. The standard InChI is InChI=1S/C25H32N2O4/c1-4-27(21-12-8-7-11-19(21)3)25(29)20-13-14-22(23(17-20)30-5-2)31-18-24(28)26-15-9-6-10-16-26/h7-8,11-14,17H,4-6,9-10,15-16,18H2,1-3H3. The van der Waals surface area contributed by atoms with Gasteiger partial charge in [0.15, 0.2) is 18.1 Å². The highest BCUT2D eigenvalue weighted by molar-refractivity contribution is 6.06. The highest BCUT2D eigenvalue weighted by atomic mass is 16.5. The lowest BCUT2D eigenvalue weighted by Crippen LogP contribution is -2.38. The minimum absolute atomic E-state index is 0.0148. The van der Waals surface area contributed by atoms with Crippen molar-refractivity contribution >= 4 is 17.5 Å². The van der Waals surface area contributed by atoms with Gasteiger partial charge in [-0.1, -0.05) is 18.2 Å². The third-order valence-electron chi connectivity index (χ3n) is 5.52. The van der Waals surface area contributed by atoms with E-state index in [0.29, 0.717) is 30.2 Å². The molecule has 2 aromatic rings. The van der Waals surface area contributed by atoms with Crippen LogP contribution in [0, 0.1) is 6.92 Å². The zero-order valence-corrected chi connectivity index (χ0v) is 18.7. The number of likely N-dealkylation sites (tertiary alicyclic amines) is 1. The van der Waals surface area contributed by atoms with Crippen LogP contribution in [0.5, 0.6) is 11.5 Å². The molecular formula is C25H32N2O4. The number of carbonyl (C=O) groups excluding carboxylic acids is 2. The average Bonchev–Trinajstić information content (AvgIpc) is 2.80. The molecule has 0 atom stereocenters. The van der Waals surface area contributed by atoms with Gasteiger partial charge in [-0.15, -0.1) is 0 Å². The summed E-state index contributed by atoms with van der Waals surface area (Å²) in [7, 11) is 0. The van der Waals surface area contributed by atoms with E-state index in [1.165, 1.54) is 6.42 Å². The van der Waals surface area contributed by atoms with Gasteiger partial charge >= 0.3 is 0 Å². The van der Waals surface area contributed by atoms with Crippen LogP contribution in [0.3, 0.4) is 0 Å². The first-order chi connectivity index (χ1) is 15.0. The Morgan fingerprint density at radius 1 is 0.968 bits per heavy atom. The highest BCUT2D eigenvalue weighted by Crippen LogP contribution is 2.30. The summed E-state index contributed by atoms with van der Waals surface area (Å²) in [4.78, 5) is 29.3. The number of para-hydroxylation sites is 1. The first-order valence-electron chi connectivity index (χ1n) is 11.1. The number of carbonyl (C=O) groups is 2. The van der Waals surface area contributed by atoms with Crippen molar-refractivity contribution in [1.82, 2.24) is 4.90 Å². The van der Waals surface area contributed by atoms with Gasteiger partial charge in [-0.3, -0.25) is 9.59 Å². The van der Waals surface area contributed by atoms with Gasteiger partial charge in [0.1, 0.15) is 0 Å². The Balaban J connectivity index is 1.76. The van der Waals surface area contributed by atoms with Crippen LogP contribution in [0.15, 0.2) is 42.5 Å². The number of piperidine rings is 1. The van der Waals surface area contributed by atoms with Gasteiger partial charge in [-0.05, 0) is 69.9 Å². The molecule has 1 aliphatic heterocycles. The summed E-state index contributed by atoms with van der Waals surface area (Å²) >= 11 is 0. The molecule has 0 radical (unpaired) electrons. The maximum absolute atomic E-state index is 13.2. The molecule has 6 nitrogen and oxygen atoms in total. The molecule has 2 amide bonds. The molecule has 3 rings (SSSR count). The van der Waals surface area contributed by atoms with Crippen molar-refractivity contribution in [2.45, 2.75) is 40.0 Å². The molecule has 0 aromatic heterocycles. The summed E-state index contributed by atoms with van der Waals surface area (Å²) in [6.07, 6.45) is 3.26. The number of anilines is 1. The van der Waals surface area contributed by atoms with Crippen LogP contribution in [-0.4, -0.2) is 49.6 Å². The zero-order valence-electron chi connectivity index (χ0n) is 18.7. The molecule has 1 heterocycles. The minimum Gasteiger partial charge on any atom is -0.490 e. The van der Waals surface area contributed by atoms with E-state index >= 15 is 0 Å². The fourth-order valence-electron chi connectivity index (χ4n) is 3.85. The lowest BCUT2D eigenvalue weighted by Gasteiger charge is -2.26. The second kappa shape index (κ2) is 10.8. The predicted molar refractivity (Wildman–Crippen MR) is 122 cm³/mol. The Kier molecular flexibility index (Phi) is 7.93. The van der Waals surface area contributed by atoms with Crippen LogP contribution >= 0.6 is 0 Å². The van der Waals surface area contributed by atoms with Crippen molar-refractivity contribution in [2.24, 2.45) is 0 Å². The van der Waals surface area contributed by atoms with E-state index in [-0.39, 0.29) is 18.4 Å². The van der Waals surface area contributed by atoms with Crippen LogP contribution in [-0.2, 0) is 4.79 Å². The summed E-state index contributed by atoms with van der Waals surface area (Å²) in [5.41, 5.74) is 2.45. The molecule has 0 N–H and O–H groups in total. The summed E-state index contributed by atoms with van der Waals surface area (Å²) < 4.78 is 11.5. The molecule has 0 aliphatic carbocycles. The Morgan fingerprint density at radius 2 is 1.71 bits per heavy atom. The second-order valence-electron chi connectivity index (χ2n) is 7.66. The van der Waals surface area contributed by atoms with Crippen molar-refractivity contribution in [2.75, 3.05) is 37.7 Å². The number of hydrogen-bond acceptors (Lipinski definition) is 4. The topological polar surface area (TPSA) is 59.1 Å². The van der Waals surface area contributed by atoms with Gasteiger partial charge in [0.2, 0.25) is 0 Å². The second-order valence-corrected chi connectivity index (χ2v) is 7.66. The van der Waals surface area contributed by atoms with Gasteiger partial charge in [0, 0.05) is 30.9 Å². The first-order valence-corrected chi connectivity index (χ1v) is 11.1. The summed E-state index contributed by atoms with van der Waals surface area (Å²) in [6, 6.07) is 13.0. The number of aryl methyl sites for hydroxylation is 1. The van der Waals surface area contributed by atoms with E-state index in [1.54, 1.807) is 23.1 Å². The summed E-state index contributed by atoms with van der Waals surface area (Å²) in [5.74, 6) is 0.830. The zero-order chi connectivity index (χ0) is 22.2. The largest absolute Gasteiger partial charge is 0.490 e. The normalized spacial score (nSPS) is 13.6. The van der Waals surface area contributed by atoms with E-state index in [0.717, 1.165) is 37.2 Å². The van der Waals surface area contributed by atoms with E-state index < -0.39 is 0 Å². The Morgan fingerprint density at radius 3 is 2.39 bits per heavy atom. The Hall–Kier alpha value is -3.02. The monoisotopic (exact) mass is 424 g/mol. The molecule has 166 valence electrons. The molecule has 0 unspecified atom stereocenters. The van der Waals surface area contributed by atoms with Crippen LogP contribution in [0.2, 0.25) is 0 Å². The van der Waals surface area contributed by atoms with Crippen molar-refractivity contribution < 1.29 is 19.1 Å². The molecule has 31 heavy (non-hydrogen) atoms. The molecule has 0 spiro atoms. The minimum atomic E-state index is -0.103. The van der Waals surface area contributed by atoms with Gasteiger partial charge in [0.05, 0.1) is 6.61 Å². The van der Waals surface area contributed by atoms with Crippen LogP contribution < -0.4 is 14.4 Å². The molecule has 0 saturated carbocycles. The third kappa shape index (κ3) is 5.57. The predicted octanol–water partition coefficient (Wildman–Crippen LogP) is 4.45. The maximum Gasteiger partial charge on any atom is 0.260 e. The van der Waals surface area contributed by atoms with E-state index in [9.17, 15) is 9.59 Å². The molecular weight excluding hydrogens is 392 g/mol. The SMILES string of the molecule is CCOc1cc(C(=O)N(CC)c2ccccc2C)ccc1OCC(=O)N1CCCCC1. The number of nitrogens with zero attached hydrogens (tertiary/aromatic N) is 2. The number of benzene rings is 2. The molecule has 0 bridgehead atoms. The van der Waals surface area contributed by atoms with Crippen LogP contribution in [0.1, 0.15) is 49.0 Å². The maximum atomic E-state index is 13.2. The van der Waals surface area contributed by atoms with Crippen LogP contribution in [0.4, 0.5) is 5.69 Å². The van der Waals surface area contributed by atoms with E-state index in [2.05, 4.69) is 0 Å². The quantitative estimate of drug-likeness (QED) is 0.628. The number of rotatable bonds is 8. The van der Waals surface area contributed by atoms with Gasteiger partial charge in [0.25, 0.3) is 11.8 Å². The molecule has 1 fully saturated rings. The molecule has 2 aromatic carbocycles. The highest BCUT2D eigenvalue weighted by Gasteiger charge is 2.21.